The monoisotopic (exact) mass is 1250 g/mol. The molecule has 6 aromatic heterocycles. The Morgan fingerprint density at radius 1 is 0.340 bits per heavy atom. The highest BCUT2D eigenvalue weighted by atomic mass is 16.2. The number of benzene rings is 6. The van der Waals surface area contributed by atoms with Gasteiger partial charge in [-0.25, -0.2) is 0 Å². The van der Waals surface area contributed by atoms with Crippen LogP contribution >= 0.6 is 0 Å². The summed E-state index contributed by atoms with van der Waals surface area (Å²) in [5, 5.41) is 21.1. The van der Waals surface area contributed by atoms with Gasteiger partial charge in [-0.15, -0.1) is 0 Å². The number of hydrogen-bond acceptors (Lipinski definition) is 9. The summed E-state index contributed by atoms with van der Waals surface area (Å²) in [5.41, 5.74) is 14.5. The van der Waals surface area contributed by atoms with E-state index < -0.39 is 41.8 Å². The van der Waals surface area contributed by atoms with Gasteiger partial charge in [-0.05, 0) is 162 Å². The normalized spacial score (nSPS) is 12.3. The maximum atomic E-state index is 14.4. The lowest BCUT2D eigenvalue weighted by Crippen LogP contribution is -2.45. The smallest absolute Gasteiger partial charge is 0.247 e. The summed E-state index contributed by atoms with van der Waals surface area (Å²) in [7, 11) is 0. The number of rotatable bonds is 24. The first kappa shape index (κ1) is 62.4. The topological polar surface area (TPSA) is 261 Å². The van der Waals surface area contributed by atoms with Crippen molar-refractivity contribution < 1.29 is 28.8 Å². The average Bonchev–Trinajstić information content (AvgIpc) is 1.78. The van der Waals surface area contributed by atoms with Crippen LogP contribution in [0, 0.1) is 20.8 Å². The molecule has 470 valence electrons. The van der Waals surface area contributed by atoms with Crippen LogP contribution in [-0.4, -0.2) is 83.5 Å². The lowest BCUT2D eigenvalue weighted by atomic mass is 9.85. The SMILES string of the molecule is Cc1[nH]c2ccccc2c1CC(=O)N[C@H](Cc1ccncc1)C(=O)Nc1ccc(C(c2ccc(NC(=O)[C@@H](Cc3ccncc3)NC(=O)Cc3c(C)[nH]c4ccccc34)cc2)c2ccc(NC(=O)[C@@H](Cc3ccncc3)NC(=O)Cc3c(C)[nH]c4ccccc34)cc2)cc1. The highest BCUT2D eigenvalue weighted by Crippen LogP contribution is 2.35. The number of amides is 6. The second-order valence-electron chi connectivity index (χ2n) is 23.7. The maximum absolute atomic E-state index is 14.4. The average molecular weight is 1250 g/mol. The van der Waals surface area contributed by atoms with E-state index in [2.05, 4.69) is 61.8 Å². The minimum absolute atomic E-state index is 0.0721. The number of pyridine rings is 3. The Bertz CT molecular complexity index is 4210. The van der Waals surface area contributed by atoms with Gasteiger partial charge in [0.15, 0.2) is 0 Å². The third-order valence-corrected chi connectivity index (χ3v) is 17.2. The summed E-state index contributed by atoms with van der Waals surface area (Å²) in [5.74, 6) is -2.54. The van der Waals surface area contributed by atoms with Crippen molar-refractivity contribution >= 4 is 85.2 Å². The van der Waals surface area contributed by atoms with E-state index in [0.717, 1.165) is 99.9 Å². The molecule has 12 aromatic rings. The number of aryl methyl sites for hydroxylation is 3. The molecular weight excluding hydrogens is 1180 g/mol. The Balaban J connectivity index is 0.797. The van der Waals surface area contributed by atoms with Gasteiger partial charge in [0.2, 0.25) is 35.4 Å². The summed E-state index contributed by atoms with van der Waals surface area (Å²) >= 11 is 0. The van der Waals surface area contributed by atoms with E-state index in [0.29, 0.717) is 17.1 Å². The van der Waals surface area contributed by atoms with Crippen LogP contribution in [0.15, 0.2) is 219 Å². The van der Waals surface area contributed by atoms with Gasteiger partial charge in [0.1, 0.15) is 18.1 Å². The highest BCUT2D eigenvalue weighted by Gasteiger charge is 2.28. The van der Waals surface area contributed by atoms with Crippen LogP contribution in [0.4, 0.5) is 17.1 Å². The Labute approximate surface area is 542 Å². The van der Waals surface area contributed by atoms with Gasteiger partial charge >= 0.3 is 0 Å². The molecule has 0 spiro atoms. The molecule has 18 heteroatoms. The molecule has 3 atom stereocenters. The summed E-state index contributed by atoms with van der Waals surface area (Å²) in [4.78, 5) is 107. The number of hydrogen-bond donors (Lipinski definition) is 9. The third-order valence-electron chi connectivity index (χ3n) is 17.2. The summed E-state index contributed by atoms with van der Waals surface area (Å²) in [6.07, 6.45) is 10.8. The molecule has 6 amide bonds. The predicted octanol–water partition coefficient (Wildman–Crippen LogP) is 11.1. The van der Waals surface area contributed by atoms with Gasteiger partial charge in [-0.1, -0.05) is 91.0 Å². The Morgan fingerprint density at radius 2 is 0.596 bits per heavy atom. The van der Waals surface area contributed by atoms with Crippen molar-refractivity contribution in [2.75, 3.05) is 16.0 Å². The molecule has 0 bridgehead atoms. The molecule has 0 saturated carbocycles. The Kier molecular flexibility index (Phi) is 19.0. The molecule has 0 radical (unpaired) electrons. The van der Waals surface area contributed by atoms with E-state index in [1.54, 1.807) is 37.2 Å². The van der Waals surface area contributed by atoms with Crippen LogP contribution in [0.25, 0.3) is 32.7 Å². The van der Waals surface area contributed by atoms with E-state index >= 15 is 0 Å². The van der Waals surface area contributed by atoms with Gasteiger partial charge in [0, 0.05) is 129 Å². The Hall–Kier alpha value is -11.8. The van der Waals surface area contributed by atoms with Crippen molar-refractivity contribution in [2.45, 2.75) is 83.3 Å². The number of aromatic amines is 3. The fourth-order valence-corrected chi connectivity index (χ4v) is 12.3. The van der Waals surface area contributed by atoms with Crippen molar-refractivity contribution in [3.63, 3.8) is 0 Å². The first-order chi connectivity index (χ1) is 45.7. The molecule has 94 heavy (non-hydrogen) atoms. The number of anilines is 3. The first-order valence-corrected chi connectivity index (χ1v) is 31.2. The van der Waals surface area contributed by atoms with Crippen molar-refractivity contribution in [1.82, 2.24) is 45.9 Å². The predicted molar refractivity (Wildman–Crippen MR) is 366 cm³/mol. The van der Waals surface area contributed by atoms with Gasteiger partial charge in [-0.2, -0.15) is 0 Å². The van der Waals surface area contributed by atoms with Crippen LogP contribution in [0.5, 0.6) is 0 Å². The standard InChI is InChI=1S/C76H70N12O6/c1-46-61(58-10-4-7-13-64(58)80-46)43-70(89)86-67(40-49-28-34-77-35-29-49)74(92)83-55-22-16-52(17-23-55)73(53-18-24-56(25-19-53)84-75(93)68(41-50-30-36-78-37-31-50)87-71(90)44-62-47(2)81-65-14-8-5-11-59(62)65)54-20-26-57(27-21-54)85-76(94)69(42-51-32-38-79-39-33-51)88-72(91)45-63-48(3)82-66-15-9-6-12-60(63)66/h4-39,67-69,73,80-82H,40-45H2,1-3H3,(H,83,92)(H,84,93)(H,85,94)(H,86,89)(H,87,90)(H,88,91)/t67-,68-,69-/m1/s1. The highest BCUT2D eigenvalue weighted by molar-refractivity contribution is 6.01. The van der Waals surface area contributed by atoms with Crippen LogP contribution in [0.3, 0.4) is 0 Å². The number of fused-ring (bicyclic) bond motifs is 3. The maximum Gasteiger partial charge on any atom is 0.247 e. The molecular formula is C76H70N12O6. The number of nitrogens with zero attached hydrogens (tertiary/aromatic N) is 3. The molecule has 0 saturated heterocycles. The van der Waals surface area contributed by atoms with Gasteiger partial charge in [0.05, 0.1) is 19.3 Å². The Morgan fingerprint density at radius 3 is 0.862 bits per heavy atom. The van der Waals surface area contributed by atoms with E-state index in [4.69, 9.17) is 0 Å². The van der Waals surface area contributed by atoms with E-state index in [1.807, 2.05) is 203 Å². The zero-order valence-corrected chi connectivity index (χ0v) is 52.1. The fourth-order valence-electron chi connectivity index (χ4n) is 12.3. The van der Waals surface area contributed by atoms with Crippen LogP contribution < -0.4 is 31.9 Å². The van der Waals surface area contributed by atoms with Crippen molar-refractivity contribution in [3.05, 3.63) is 286 Å². The number of carbonyl (C=O) groups is 6. The van der Waals surface area contributed by atoms with Crippen molar-refractivity contribution in [2.24, 2.45) is 0 Å². The zero-order valence-electron chi connectivity index (χ0n) is 52.1. The molecule has 9 N–H and O–H groups in total. The fraction of sp³-hybridized carbons (Fsp3) is 0.171. The second kappa shape index (κ2) is 28.6. The molecule has 6 heterocycles. The minimum atomic E-state index is -0.931. The summed E-state index contributed by atoms with van der Waals surface area (Å²) in [6, 6.07) is 54.0. The van der Waals surface area contributed by atoms with Crippen LogP contribution in [0.1, 0.15) is 73.1 Å². The van der Waals surface area contributed by atoms with Gasteiger partial charge < -0.3 is 46.9 Å². The van der Waals surface area contributed by atoms with Crippen molar-refractivity contribution in [3.8, 4) is 0 Å². The van der Waals surface area contributed by atoms with Crippen LogP contribution in [0.2, 0.25) is 0 Å². The summed E-state index contributed by atoms with van der Waals surface area (Å²) < 4.78 is 0. The van der Waals surface area contributed by atoms with E-state index in [1.165, 1.54) is 0 Å². The summed E-state index contributed by atoms with van der Waals surface area (Å²) in [6.45, 7) is 5.80. The molecule has 0 aliphatic heterocycles. The lowest BCUT2D eigenvalue weighted by Gasteiger charge is -2.22. The van der Waals surface area contributed by atoms with Crippen LogP contribution in [-0.2, 0) is 67.3 Å². The zero-order chi connectivity index (χ0) is 65.1. The van der Waals surface area contributed by atoms with Gasteiger partial charge in [0.25, 0.3) is 0 Å². The molecule has 18 nitrogen and oxygen atoms in total. The molecule has 0 unspecified atom stereocenters. The number of H-pyrrole nitrogens is 3. The number of aromatic nitrogens is 6. The molecule has 0 aliphatic rings. The molecule has 6 aromatic carbocycles. The van der Waals surface area contributed by atoms with E-state index in [9.17, 15) is 28.8 Å². The second-order valence-corrected chi connectivity index (χ2v) is 23.7. The minimum Gasteiger partial charge on any atom is -0.358 e. The first-order valence-electron chi connectivity index (χ1n) is 31.2. The molecule has 0 fully saturated rings. The largest absolute Gasteiger partial charge is 0.358 e. The molecule has 12 rings (SSSR count). The number of nitrogens with one attached hydrogen (secondary N) is 9. The quantitative estimate of drug-likeness (QED) is 0.0260. The lowest BCUT2D eigenvalue weighted by molar-refractivity contribution is -0.126. The van der Waals surface area contributed by atoms with Crippen molar-refractivity contribution in [1.29, 1.82) is 0 Å². The van der Waals surface area contributed by atoms with Gasteiger partial charge in [-0.3, -0.25) is 43.7 Å². The third kappa shape index (κ3) is 15.0. The number of para-hydroxylation sites is 3. The number of carbonyl (C=O) groups excluding carboxylic acids is 6. The molecule has 0 aliphatic carbocycles. The van der Waals surface area contributed by atoms with E-state index in [-0.39, 0.29) is 56.2 Å².